The number of likely N-dealkylation sites (N-methyl/N-ethyl adjacent to an activating group) is 1. The smallest absolute Gasteiger partial charge is 0.241 e. The lowest BCUT2D eigenvalue weighted by atomic mass is 9.84. The second kappa shape index (κ2) is 7.50. The molecule has 0 aliphatic carbocycles. The summed E-state index contributed by atoms with van der Waals surface area (Å²) >= 11 is 6.45. The molecule has 4 N–H and O–H groups in total. The molecule has 6 heteroatoms. The molecule has 2 aromatic carbocycles. The van der Waals surface area contributed by atoms with E-state index in [1.807, 2.05) is 24.3 Å². The number of carbonyl (C=O) groups excluding carboxylic acids is 1. The minimum Gasteiger partial charge on any atom is -0.399 e. The summed E-state index contributed by atoms with van der Waals surface area (Å²) in [5, 5.41) is 6.96. The molecule has 0 radical (unpaired) electrons. The highest BCUT2D eigenvalue weighted by Crippen LogP contribution is 2.38. The molecule has 1 saturated heterocycles. The third-order valence-electron chi connectivity index (χ3n) is 5.51. The topological polar surface area (TPSA) is 70.4 Å². The van der Waals surface area contributed by atoms with Gasteiger partial charge in [0.2, 0.25) is 5.91 Å². The van der Waals surface area contributed by atoms with Gasteiger partial charge in [-0.15, -0.1) is 0 Å². The molecule has 0 bridgehead atoms. The van der Waals surface area contributed by atoms with Crippen molar-refractivity contribution in [3.8, 4) is 0 Å². The molecule has 2 atom stereocenters. The number of nitrogen functional groups attached to an aromatic ring is 1. The first-order valence-electron chi connectivity index (χ1n) is 9.42. The van der Waals surface area contributed by atoms with Crippen LogP contribution in [0, 0.1) is 0 Å². The molecule has 2 aliphatic heterocycles. The number of hydrogen-bond donors (Lipinski definition) is 3. The van der Waals surface area contributed by atoms with Crippen molar-refractivity contribution in [2.24, 2.45) is 0 Å². The molecule has 0 aromatic heterocycles. The van der Waals surface area contributed by atoms with Crippen LogP contribution in [0.4, 0.5) is 11.4 Å². The van der Waals surface area contributed by atoms with Gasteiger partial charge < -0.3 is 21.3 Å². The lowest BCUT2D eigenvalue weighted by Gasteiger charge is -2.33. The highest BCUT2D eigenvalue weighted by Gasteiger charge is 2.27. The summed E-state index contributed by atoms with van der Waals surface area (Å²) in [7, 11) is 2.10. The van der Waals surface area contributed by atoms with Crippen molar-refractivity contribution in [3.05, 3.63) is 58.1 Å². The number of rotatable bonds is 3. The van der Waals surface area contributed by atoms with Crippen LogP contribution < -0.4 is 16.4 Å². The number of benzene rings is 2. The van der Waals surface area contributed by atoms with Gasteiger partial charge in [-0.05, 0) is 67.4 Å². The van der Waals surface area contributed by atoms with Gasteiger partial charge in [-0.1, -0.05) is 23.7 Å². The molecule has 142 valence electrons. The standard InChI is InChI=1S/C21H25ClN4O/c1-26-11-17(16-9-14(23)10-19(22)18(16)12-26)13-4-6-15(7-5-13)25-21(27)20-3-2-8-24-20/h4-7,9-10,17,20,24H,2-3,8,11-12,23H2,1H3,(H,25,27). The van der Waals surface area contributed by atoms with Gasteiger partial charge in [-0.3, -0.25) is 4.79 Å². The van der Waals surface area contributed by atoms with Crippen molar-refractivity contribution >= 4 is 28.9 Å². The Balaban J connectivity index is 1.56. The average molecular weight is 385 g/mol. The molecule has 2 aliphatic rings. The summed E-state index contributed by atoms with van der Waals surface area (Å²) in [4.78, 5) is 14.5. The molecule has 4 rings (SSSR count). The number of fused-ring (bicyclic) bond motifs is 1. The summed E-state index contributed by atoms with van der Waals surface area (Å²) in [6, 6.07) is 11.9. The van der Waals surface area contributed by atoms with Crippen LogP contribution in [-0.2, 0) is 11.3 Å². The van der Waals surface area contributed by atoms with Crippen LogP contribution in [0.25, 0.3) is 0 Å². The van der Waals surface area contributed by atoms with Crippen LogP contribution in [0.2, 0.25) is 5.02 Å². The normalized spacial score (nSPS) is 22.4. The van der Waals surface area contributed by atoms with Crippen LogP contribution in [0.3, 0.4) is 0 Å². The Kier molecular flexibility index (Phi) is 5.08. The molecule has 1 amide bonds. The quantitative estimate of drug-likeness (QED) is 0.711. The average Bonchev–Trinajstić information content (AvgIpc) is 3.17. The third-order valence-corrected chi connectivity index (χ3v) is 5.84. The fourth-order valence-electron chi connectivity index (χ4n) is 4.12. The predicted octanol–water partition coefficient (Wildman–Crippen LogP) is 3.19. The number of anilines is 2. The van der Waals surface area contributed by atoms with E-state index >= 15 is 0 Å². The van der Waals surface area contributed by atoms with E-state index in [2.05, 4.69) is 34.7 Å². The minimum atomic E-state index is -0.0753. The van der Waals surface area contributed by atoms with Gasteiger partial charge in [0.05, 0.1) is 6.04 Å². The molecule has 27 heavy (non-hydrogen) atoms. The molecular formula is C21H25ClN4O. The zero-order valence-corrected chi connectivity index (χ0v) is 16.2. The highest BCUT2D eigenvalue weighted by molar-refractivity contribution is 6.31. The number of hydrogen-bond acceptors (Lipinski definition) is 4. The van der Waals surface area contributed by atoms with E-state index in [-0.39, 0.29) is 17.9 Å². The lowest BCUT2D eigenvalue weighted by Crippen LogP contribution is -2.35. The Morgan fingerprint density at radius 2 is 2.07 bits per heavy atom. The Morgan fingerprint density at radius 3 is 2.78 bits per heavy atom. The van der Waals surface area contributed by atoms with Crippen LogP contribution in [-0.4, -0.2) is 37.0 Å². The number of halogens is 1. The van der Waals surface area contributed by atoms with E-state index < -0.39 is 0 Å². The largest absolute Gasteiger partial charge is 0.399 e. The maximum absolute atomic E-state index is 12.3. The van der Waals surface area contributed by atoms with Crippen molar-refractivity contribution in [3.63, 3.8) is 0 Å². The second-order valence-corrected chi connectivity index (χ2v) is 7.99. The molecule has 2 aromatic rings. The highest BCUT2D eigenvalue weighted by atomic mass is 35.5. The zero-order chi connectivity index (χ0) is 19.0. The third kappa shape index (κ3) is 3.81. The summed E-state index contributed by atoms with van der Waals surface area (Å²) in [5.41, 5.74) is 11.1. The number of nitrogens with one attached hydrogen (secondary N) is 2. The fraction of sp³-hybridized carbons (Fsp3) is 0.381. The summed E-state index contributed by atoms with van der Waals surface area (Å²) in [5.74, 6) is 0.253. The molecular weight excluding hydrogens is 360 g/mol. The van der Waals surface area contributed by atoms with E-state index in [4.69, 9.17) is 17.3 Å². The van der Waals surface area contributed by atoms with Gasteiger partial charge >= 0.3 is 0 Å². The molecule has 5 nitrogen and oxygen atoms in total. The van der Waals surface area contributed by atoms with Crippen LogP contribution in [0.1, 0.15) is 35.4 Å². The van der Waals surface area contributed by atoms with Crippen molar-refractivity contribution in [2.45, 2.75) is 31.3 Å². The molecule has 1 fully saturated rings. The van der Waals surface area contributed by atoms with Gasteiger partial charge in [0, 0.05) is 35.4 Å². The Morgan fingerprint density at radius 1 is 1.30 bits per heavy atom. The number of amides is 1. The maximum Gasteiger partial charge on any atom is 0.241 e. The van der Waals surface area contributed by atoms with Crippen molar-refractivity contribution < 1.29 is 4.79 Å². The summed E-state index contributed by atoms with van der Waals surface area (Å²) in [6.45, 7) is 2.65. The minimum absolute atomic E-state index is 0.0440. The summed E-state index contributed by atoms with van der Waals surface area (Å²) < 4.78 is 0. The predicted molar refractivity (Wildman–Crippen MR) is 110 cm³/mol. The van der Waals surface area contributed by atoms with E-state index in [9.17, 15) is 4.79 Å². The maximum atomic E-state index is 12.3. The molecule has 2 heterocycles. The molecule has 2 unspecified atom stereocenters. The Labute approximate surface area is 164 Å². The van der Waals surface area contributed by atoms with Crippen molar-refractivity contribution in [1.29, 1.82) is 0 Å². The van der Waals surface area contributed by atoms with Crippen LogP contribution >= 0.6 is 11.6 Å². The first-order chi connectivity index (χ1) is 13.0. The fourth-order valence-corrected chi connectivity index (χ4v) is 4.42. The van der Waals surface area contributed by atoms with Crippen LogP contribution in [0.15, 0.2) is 36.4 Å². The number of nitrogens with two attached hydrogens (primary N) is 1. The van der Waals surface area contributed by atoms with Gasteiger partial charge in [0.15, 0.2) is 0 Å². The van der Waals surface area contributed by atoms with Gasteiger partial charge in [-0.2, -0.15) is 0 Å². The van der Waals surface area contributed by atoms with Gasteiger partial charge in [0.25, 0.3) is 0 Å². The van der Waals surface area contributed by atoms with Gasteiger partial charge in [0.1, 0.15) is 0 Å². The number of carbonyl (C=O) groups is 1. The SMILES string of the molecule is CN1Cc2c(Cl)cc(N)cc2C(c2ccc(NC(=O)C3CCCN3)cc2)C1. The van der Waals surface area contributed by atoms with Crippen molar-refractivity contribution in [2.75, 3.05) is 31.2 Å². The van der Waals surface area contributed by atoms with Gasteiger partial charge in [-0.25, -0.2) is 0 Å². The zero-order valence-electron chi connectivity index (χ0n) is 15.5. The van der Waals surface area contributed by atoms with E-state index in [1.165, 1.54) is 11.1 Å². The monoisotopic (exact) mass is 384 g/mol. The second-order valence-electron chi connectivity index (χ2n) is 7.58. The first kappa shape index (κ1) is 18.3. The molecule has 0 spiro atoms. The van der Waals surface area contributed by atoms with E-state index in [1.54, 1.807) is 0 Å². The summed E-state index contributed by atoms with van der Waals surface area (Å²) in [6.07, 6.45) is 1.95. The Hall–Kier alpha value is -2.08. The number of nitrogens with zero attached hydrogens (tertiary/aromatic N) is 1. The van der Waals surface area contributed by atoms with Crippen LogP contribution in [0.5, 0.6) is 0 Å². The van der Waals surface area contributed by atoms with E-state index in [0.717, 1.165) is 48.7 Å². The molecule has 0 saturated carbocycles. The van der Waals surface area contributed by atoms with E-state index in [0.29, 0.717) is 5.69 Å². The lowest BCUT2D eigenvalue weighted by molar-refractivity contribution is -0.117. The Bertz CT molecular complexity index is 846. The first-order valence-corrected chi connectivity index (χ1v) is 9.79. The van der Waals surface area contributed by atoms with Crippen molar-refractivity contribution in [1.82, 2.24) is 10.2 Å².